The first kappa shape index (κ1) is 16.3. The van der Waals surface area contributed by atoms with E-state index in [4.69, 9.17) is 0 Å². The Balaban J connectivity index is 1.46. The van der Waals surface area contributed by atoms with E-state index >= 15 is 0 Å². The molecule has 2 atom stereocenters. The van der Waals surface area contributed by atoms with Gasteiger partial charge in [-0.25, -0.2) is 0 Å². The van der Waals surface area contributed by atoms with Gasteiger partial charge in [-0.15, -0.1) is 23.5 Å². The van der Waals surface area contributed by atoms with Gasteiger partial charge >= 0.3 is 0 Å². The third-order valence-corrected chi connectivity index (χ3v) is 10.1. The fourth-order valence-corrected chi connectivity index (χ4v) is 8.80. The Kier molecular flexibility index (Phi) is 4.72. The molecule has 1 spiro atoms. The van der Waals surface area contributed by atoms with Gasteiger partial charge in [-0.1, -0.05) is 22.4 Å². The van der Waals surface area contributed by atoms with E-state index in [0.717, 1.165) is 34.8 Å². The minimum Gasteiger partial charge on any atom is -0.326 e. The molecular weight excluding hydrogens is 390 g/mol. The SMILES string of the molecule is O=C(Nc1ccc(Br)cc1)C1CC2CCCC(C1)C21SCCS1. The van der Waals surface area contributed by atoms with E-state index in [9.17, 15) is 4.79 Å². The molecule has 1 N–H and O–H groups in total. The van der Waals surface area contributed by atoms with Crippen molar-refractivity contribution in [1.29, 1.82) is 0 Å². The zero-order valence-corrected chi connectivity index (χ0v) is 16.3. The van der Waals surface area contributed by atoms with Crippen LogP contribution < -0.4 is 5.32 Å². The minimum atomic E-state index is 0.196. The van der Waals surface area contributed by atoms with Crippen LogP contribution in [-0.2, 0) is 4.79 Å². The van der Waals surface area contributed by atoms with Gasteiger partial charge in [0.1, 0.15) is 0 Å². The van der Waals surface area contributed by atoms with Crippen LogP contribution in [0.2, 0.25) is 0 Å². The molecule has 2 bridgehead atoms. The Hall–Kier alpha value is -0.130. The number of thioether (sulfide) groups is 2. The molecule has 1 aliphatic heterocycles. The highest BCUT2D eigenvalue weighted by molar-refractivity contribution is 9.10. The van der Waals surface area contributed by atoms with E-state index in [2.05, 4.69) is 44.8 Å². The summed E-state index contributed by atoms with van der Waals surface area (Å²) < 4.78 is 1.49. The Morgan fingerprint density at radius 2 is 1.70 bits per heavy atom. The van der Waals surface area contributed by atoms with E-state index in [-0.39, 0.29) is 11.8 Å². The van der Waals surface area contributed by atoms with Gasteiger partial charge in [0.05, 0.1) is 4.08 Å². The summed E-state index contributed by atoms with van der Waals surface area (Å²) in [5, 5.41) is 3.13. The zero-order chi connectivity index (χ0) is 15.9. The van der Waals surface area contributed by atoms with E-state index < -0.39 is 0 Å². The first-order valence-corrected chi connectivity index (χ1v) is 11.3. The molecule has 1 aromatic carbocycles. The van der Waals surface area contributed by atoms with Crippen LogP contribution >= 0.6 is 39.5 Å². The number of hydrogen-bond acceptors (Lipinski definition) is 3. The lowest BCUT2D eigenvalue weighted by Gasteiger charge is -2.52. The van der Waals surface area contributed by atoms with Crippen molar-refractivity contribution in [1.82, 2.24) is 0 Å². The summed E-state index contributed by atoms with van der Waals surface area (Å²) >= 11 is 7.84. The summed E-state index contributed by atoms with van der Waals surface area (Å²) in [4.78, 5) is 12.8. The molecule has 0 aromatic heterocycles. The third-order valence-electron chi connectivity index (χ3n) is 5.60. The van der Waals surface area contributed by atoms with Gasteiger partial charge in [0.15, 0.2) is 0 Å². The molecule has 3 fully saturated rings. The average Bonchev–Trinajstić information content (AvgIpc) is 2.99. The van der Waals surface area contributed by atoms with Crippen molar-refractivity contribution in [2.75, 3.05) is 16.8 Å². The van der Waals surface area contributed by atoms with E-state index in [1.165, 1.54) is 30.8 Å². The minimum absolute atomic E-state index is 0.196. The maximum Gasteiger partial charge on any atom is 0.227 e. The predicted molar refractivity (Wildman–Crippen MR) is 104 cm³/mol. The summed E-state index contributed by atoms with van der Waals surface area (Å²) in [6, 6.07) is 7.89. The highest BCUT2D eigenvalue weighted by atomic mass is 79.9. The van der Waals surface area contributed by atoms with E-state index in [1.54, 1.807) is 0 Å². The number of amides is 1. The molecule has 124 valence electrons. The second kappa shape index (κ2) is 6.64. The lowest BCUT2D eigenvalue weighted by Crippen LogP contribution is -2.48. The van der Waals surface area contributed by atoms with E-state index in [1.807, 2.05) is 24.3 Å². The zero-order valence-electron chi connectivity index (χ0n) is 13.1. The van der Waals surface area contributed by atoms with Crippen LogP contribution in [-0.4, -0.2) is 21.5 Å². The second-order valence-electron chi connectivity index (χ2n) is 6.91. The van der Waals surface area contributed by atoms with Crippen LogP contribution in [0.15, 0.2) is 28.7 Å². The van der Waals surface area contributed by atoms with Gasteiger partial charge in [-0.05, 0) is 61.8 Å². The molecule has 4 rings (SSSR count). The summed E-state index contributed by atoms with van der Waals surface area (Å²) in [5.41, 5.74) is 0.910. The fourth-order valence-electron chi connectivity index (χ4n) is 4.60. The monoisotopic (exact) mass is 411 g/mol. The first-order valence-electron chi connectivity index (χ1n) is 8.52. The molecule has 2 unspecified atom stereocenters. The third kappa shape index (κ3) is 3.09. The highest BCUT2D eigenvalue weighted by Gasteiger charge is 2.55. The predicted octanol–water partition coefficient (Wildman–Crippen LogP) is 5.39. The molecule has 1 amide bonds. The van der Waals surface area contributed by atoms with Crippen molar-refractivity contribution < 1.29 is 4.79 Å². The normalized spacial score (nSPS) is 32.0. The number of benzene rings is 1. The van der Waals surface area contributed by atoms with Crippen molar-refractivity contribution in [3.05, 3.63) is 28.7 Å². The maximum atomic E-state index is 12.8. The molecule has 2 saturated carbocycles. The Morgan fingerprint density at radius 3 is 2.30 bits per heavy atom. The number of carbonyl (C=O) groups excluding carboxylic acids is 1. The number of rotatable bonds is 2. The number of nitrogens with one attached hydrogen (secondary N) is 1. The Morgan fingerprint density at radius 1 is 1.09 bits per heavy atom. The van der Waals surface area contributed by atoms with Crippen molar-refractivity contribution in [3.8, 4) is 0 Å². The molecule has 1 heterocycles. The fraction of sp³-hybridized carbons (Fsp3) is 0.611. The topological polar surface area (TPSA) is 29.1 Å². The van der Waals surface area contributed by atoms with Crippen molar-refractivity contribution in [3.63, 3.8) is 0 Å². The van der Waals surface area contributed by atoms with Crippen LogP contribution in [0.4, 0.5) is 5.69 Å². The summed E-state index contributed by atoms with van der Waals surface area (Å²) in [6.07, 6.45) is 6.16. The standard InChI is InChI=1S/C18H22BrNOS2/c19-15-4-6-16(7-5-15)20-17(21)12-10-13-2-1-3-14(11-12)18(13)22-8-9-23-18/h4-7,12-14H,1-3,8-11H2,(H,20,21). The summed E-state index contributed by atoms with van der Waals surface area (Å²) in [7, 11) is 0. The highest BCUT2D eigenvalue weighted by Crippen LogP contribution is 2.64. The maximum absolute atomic E-state index is 12.8. The molecule has 0 radical (unpaired) electrons. The first-order chi connectivity index (χ1) is 11.2. The van der Waals surface area contributed by atoms with Gasteiger partial charge < -0.3 is 5.32 Å². The largest absolute Gasteiger partial charge is 0.326 e. The molecule has 2 aliphatic carbocycles. The summed E-state index contributed by atoms with van der Waals surface area (Å²) in [5.74, 6) is 4.48. The van der Waals surface area contributed by atoms with Crippen LogP contribution in [0.5, 0.6) is 0 Å². The number of anilines is 1. The molecule has 1 saturated heterocycles. The second-order valence-corrected chi connectivity index (χ2v) is 10.8. The van der Waals surface area contributed by atoms with Crippen LogP contribution in [0.25, 0.3) is 0 Å². The Labute approximate surface area is 155 Å². The average molecular weight is 412 g/mol. The van der Waals surface area contributed by atoms with Crippen molar-refractivity contribution in [2.45, 2.75) is 36.2 Å². The molecule has 23 heavy (non-hydrogen) atoms. The molecule has 2 nitrogen and oxygen atoms in total. The number of hydrogen-bond donors (Lipinski definition) is 1. The number of carbonyl (C=O) groups is 1. The molecule has 5 heteroatoms. The van der Waals surface area contributed by atoms with Crippen LogP contribution in [0.3, 0.4) is 0 Å². The van der Waals surface area contributed by atoms with Gasteiger partial charge in [0, 0.05) is 27.6 Å². The molecule has 3 aliphatic rings. The van der Waals surface area contributed by atoms with Crippen molar-refractivity contribution >= 4 is 51.0 Å². The molecular formula is C18H22BrNOS2. The summed E-state index contributed by atoms with van der Waals surface area (Å²) in [6.45, 7) is 0. The van der Waals surface area contributed by atoms with Crippen LogP contribution in [0.1, 0.15) is 32.1 Å². The molecule has 1 aromatic rings. The van der Waals surface area contributed by atoms with Gasteiger partial charge in [-0.3, -0.25) is 4.79 Å². The van der Waals surface area contributed by atoms with Crippen LogP contribution in [0, 0.1) is 17.8 Å². The van der Waals surface area contributed by atoms with Gasteiger partial charge in [0.2, 0.25) is 5.91 Å². The lowest BCUT2D eigenvalue weighted by atomic mass is 9.67. The van der Waals surface area contributed by atoms with E-state index in [0.29, 0.717) is 4.08 Å². The lowest BCUT2D eigenvalue weighted by molar-refractivity contribution is -0.122. The smallest absolute Gasteiger partial charge is 0.227 e. The Bertz CT molecular complexity index is 569. The van der Waals surface area contributed by atoms with Gasteiger partial charge in [-0.2, -0.15) is 0 Å². The van der Waals surface area contributed by atoms with Crippen molar-refractivity contribution in [2.24, 2.45) is 17.8 Å². The quantitative estimate of drug-likeness (QED) is 0.706. The number of halogens is 1. The van der Waals surface area contributed by atoms with Gasteiger partial charge in [0.25, 0.3) is 0 Å².